The van der Waals surface area contributed by atoms with Crippen LogP contribution in [0.4, 0.5) is 0 Å². The summed E-state index contributed by atoms with van der Waals surface area (Å²) in [4.78, 5) is 11.9. The zero-order chi connectivity index (χ0) is 12.6. The van der Waals surface area contributed by atoms with Crippen molar-refractivity contribution in [3.8, 4) is 0 Å². The fraction of sp³-hybridized carbons (Fsp3) is 0.462. The molecule has 1 aromatic heterocycles. The second-order valence-corrected chi connectivity index (χ2v) is 4.75. The van der Waals surface area contributed by atoms with E-state index >= 15 is 0 Å². The molecule has 1 aromatic rings. The molecule has 1 amide bonds. The van der Waals surface area contributed by atoms with Crippen LogP contribution in [0.2, 0.25) is 0 Å². The van der Waals surface area contributed by atoms with Gasteiger partial charge >= 0.3 is 0 Å². The molecule has 0 aromatic carbocycles. The highest BCUT2D eigenvalue weighted by Crippen LogP contribution is 2.32. The number of hydrogen-bond acceptors (Lipinski definition) is 3. The topological polar surface area (TPSA) is 68.3 Å². The van der Waals surface area contributed by atoms with Gasteiger partial charge in [-0.25, -0.2) is 0 Å². The van der Waals surface area contributed by atoms with Gasteiger partial charge in [-0.15, -0.1) is 0 Å². The van der Waals surface area contributed by atoms with Crippen molar-refractivity contribution < 1.29 is 9.21 Å². The van der Waals surface area contributed by atoms with Crippen LogP contribution in [0.3, 0.4) is 0 Å². The fourth-order valence-corrected chi connectivity index (χ4v) is 1.90. The number of nitrogens with two attached hydrogens (primary N) is 1. The Balaban J connectivity index is 2.08. The maximum absolute atomic E-state index is 11.9. The van der Waals surface area contributed by atoms with Gasteiger partial charge in [0, 0.05) is 6.04 Å². The lowest BCUT2D eigenvalue weighted by atomic mass is 10.2. The first kappa shape index (κ1) is 11.8. The second kappa shape index (κ2) is 4.28. The summed E-state index contributed by atoms with van der Waals surface area (Å²) in [6.07, 6.45) is 2.40. The molecule has 0 unspecified atom stereocenters. The molecular weight excluding hydrogens is 216 g/mol. The van der Waals surface area contributed by atoms with E-state index in [1.807, 2.05) is 13.8 Å². The van der Waals surface area contributed by atoms with Crippen molar-refractivity contribution in [1.29, 1.82) is 0 Å². The predicted molar refractivity (Wildman–Crippen MR) is 66.3 cm³/mol. The van der Waals surface area contributed by atoms with E-state index in [2.05, 4.69) is 11.9 Å². The zero-order valence-electron chi connectivity index (χ0n) is 10.2. The van der Waals surface area contributed by atoms with Crippen molar-refractivity contribution in [3.63, 3.8) is 0 Å². The molecule has 1 saturated carbocycles. The third-order valence-electron chi connectivity index (χ3n) is 3.12. The summed E-state index contributed by atoms with van der Waals surface area (Å²) < 4.78 is 5.40. The van der Waals surface area contributed by atoms with Crippen LogP contribution in [-0.4, -0.2) is 11.9 Å². The van der Waals surface area contributed by atoms with Crippen molar-refractivity contribution in [2.75, 3.05) is 0 Å². The largest absolute Gasteiger partial charge is 0.449 e. The minimum absolute atomic E-state index is 0.181. The lowest BCUT2D eigenvalue weighted by molar-refractivity contribution is 0.0907. The molecule has 92 valence electrons. The Bertz CT molecular complexity index is 458. The Morgan fingerprint density at radius 2 is 2.29 bits per heavy atom. The SMILES string of the molecule is C=C(N)c1oc(C(=O)N[C@@H](C)C2CC2)cc1C. The Morgan fingerprint density at radius 3 is 2.76 bits per heavy atom. The molecule has 0 spiro atoms. The lowest BCUT2D eigenvalue weighted by Crippen LogP contribution is -2.33. The Kier molecular flexibility index (Phi) is 2.96. The van der Waals surface area contributed by atoms with Crippen LogP contribution in [-0.2, 0) is 0 Å². The van der Waals surface area contributed by atoms with Gasteiger partial charge < -0.3 is 15.5 Å². The summed E-state index contributed by atoms with van der Waals surface area (Å²) in [5, 5.41) is 2.93. The van der Waals surface area contributed by atoms with Crippen LogP contribution in [0.15, 0.2) is 17.1 Å². The van der Waals surface area contributed by atoms with Crippen LogP contribution < -0.4 is 11.1 Å². The molecule has 0 bridgehead atoms. The van der Waals surface area contributed by atoms with Crippen molar-refractivity contribution in [1.82, 2.24) is 5.32 Å². The molecule has 1 heterocycles. The average Bonchev–Trinajstić information content (AvgIpc) is 3.01. The number of hydrogen-bond donors (Lipinski definition) is 2. The normalized spacial score (nSPS) is 16.6. The quantitative estimate of drug-likeness (QED) is 0.837. The van der Waals surface area contributed by atoms with Gasteiger partial charge in [0.25, 0.3) is 5.91 Å². The summed E-state index contributed by atoms with van der Waals surface area (Å²) in [6.45, 7) is 7.48. The minimum atomic E-state index is -0.181. The first-order valence-corrected chi connectivity index (χ1v) is 5.85. The minimum Gasteiger partial charge on any atom is -0.449 e. The van der Waals surface area contributed by atoms with Gasteiger partial charge in [0.2, 0.25) is 0 Å². The summed E-state index contributed by atoms with van der Waals surface area (Å²) in [5.41, 5.74) is 6.75. The Hall–Kier alpha value is -1.71. The van der Waals surface area contributed by atoms with E-state index in [1.54, 1.807) is 6.07 Å². The standard InChI is InChI=1S/C13H18N2O2/c1-7-6-11(17-12(7)8(2)14)13(16)15-9(3)10-4-5-10/h6,9-10H,2,4-5,14H2,1,3H3,(H,15,16)/t9-/m0/s1. The first-order chi connectivity index (χ1) is 7.99. The van der Waals surface area contributed by atoms with Gasteiger partial charge in [-0.3, -0.25) is 4.79 Å². The van der Waals surface area contributed by atoms with Gasteiger partial charge in [-0.1, -0.05) is 6.58 Å². The zero-order valence-corrected chi connectivity index (χ0v) is 10.2. The van der Waals surface area contributed by atoms with Gasteiger partial charge in [0.15, 0.2) is 11.5 Å². The molecule has 4 nitrogen and oxygen atoms in total. The number of nitrogens with one attached hydrogen (secondary N) is 1. The number of carbonyl (C=O) groups is 1. The molecule has 2 rings (SSSR count). The molecule has 1 aliphatic rings. The number of furan rings is 1. The van der Waals surface area contributed by atoms with Crippen LogP contribution in [0.25, 0.3) is 5.70 Å². The predicted octanol–water partition coefficient (Wildman–Crippen LogP) is 2.05. The van der Waals surface area contributed by atoms with Crippen molar-refractivity contribution in [2.24, 2.45) is 11.7 Å². The maximum Gasteiger partial charge on any atom is 0.287 e. The van der Waals surface area contributed by atoms with E-state index in [9.17, 15) is 4.79 Å². The van der Waals surface area contributed by atoms with E-state index in [4.69, 9.17) is 10.2 Å². The summed E-state index contributed by atoms with van der Waals surface area (Å²) in [6, 6.07) is 1.90. The van der Waals surface area contributed by atoms with Gasteiger partial charge in [-0.2, -0.15) is 0 Å². The fourth-order valence-electron chi connectivity index (χ4n) is 1.90. The highest BCUT2D eigenvalue weighted by atomic mass is 16.4. The van der Waals surface area contributed by atoms with E-state index in [1.165, 1.54) is 12.8 Å². The summed E-state index contributed by atoms with van der Waals surface area (Å²) in [5.74, 6) is 1.24. The third-order valence-corrected chi connectivity index (χ3v) is 3.12. The average molecular weight is 234 g/mol. The van der Waals surface area contributed by atoms with Crippen molar-refractivity contribution in [3.05, 3.63) is 29.7 Å². The van der Waals surface area contributed by atoms with Crippen LogP contribution in [0.5, 0.6) is 0 Å². The summed E-state index contributed by atoms with van der Waals surface area (Å²) in [7, 11) is 0. The Labute approximate surface area is 101 Å². The molecule has 0 aliphatic heterocycles. The molecule has 0 radical (unpaired) electrons. The van der Waals surface area contributed by atoms with Crippen molar-refractivity contribution >= 4 is 11.6 Å². The highest BCUT2D eigenvalue weighted by molar-refractivity contribution is 5.92. The van der Waals surface area contributed by atoms with Crippen molar-refractivity contribution in [2.45, 2.75) is 32.7 Å². The molecule has 1 fully saturated rings. The van der Waals surface area contributed by atoms with Gasteiger partial charge in [0.05, 0.1) is 5.70 Å². The van der Waals surface area contributed by atoms with Gasteiger partial charge in [-0.05, 0) is 44.2 Å². The van der Waals surface area contributed by atoms with E-state index in [0.717, 1.165) is 5.56 Å². The number of amides is 1. The molecular formula is C13H18N2O2. The monoisotopic (exact) mass is 234 g/mol. The maximum atomic E-state index is 11.9. The Morgan fingerprint density at radius 1 is 1.65 bits per heavy atom. The molecule has 1 atom stereocenters. The number of carbonyl (C=O) groups excluding carboxylic acids is 1. The second-order valence-electron chi connectivity index (χ2n) is 4.75. The van der Waals surface area contributed by atoms with E-state index in [-0.39, 0.29) is 11.9 Å². The molecule has 17 heavy (non-hydrogen) atoms. The smallest absolute Gasteiger partial charge is 0.287 e. The van der Waals surface area contributed by atoms with Crippen LogP contribution >= 0.6 is 0 Å². The molecule has 1 aliphatic carbocycles. The van der Waals surface area contributed by atoms with E-state index < -0.39 is 0 Å². The van der Waals surface area contributed by atoms with Gasteiger partial charge in [0.1, 0.15) is 0 Å². The number of rotatable bonds is 4. The molecule has 4 heteroatoms. The van der Waals surface area contributed by atoms with E-state index in [0.29, 0.717) is 23.1 Å². The number of aryl methyl sites for hydroxylation is 1. The highest BCUT2D eigenvalue weighted by Gasteiger charge is 2.29. The lowest BCUT2D eigenvalue weighted by Gasteiger charge is -2.10. The van der Waals surface area contributed by atoms with Crippen LogP contribution in [0, 0.1) is 12.8 Å². The summed E-state index contributed by atoms with van der Waals surface area (Å²) >= 11 is 0. The first-order valence-electron chi connectivity index (χ1n) is 5.85. The van der Waals surface area contributed by atoms with Crippen LogP contribution in [0.1, 0.15) is 41.6 Å². The molecule has 3 N–H and O–H groups in total. The third kappa shape index (κ3) is 2.52. The molecule has 0 saturated heterocycles.